The van der Waals surface area contributed by atoms with E-state index in [1.54, 1.807) is 0 Å². The van der Waals surface area contributed by atoms with Crippen LogP contribution in [0.3, 0.4) is 0 Å². The van der Waals surface area contributed by atoms with Crippen LogP contribution < -0.4 is 0 Å². The minimum Gasteiger partial charge on any atom is -0.389 e. The first kappa shape index (κ1) is 14.5. The van der Waals surface area contributed by atoms with E-state index in [-0.39, 0.29) is 0 Å². The van der Waals surface area contributed by atoms with Crippen LogP contribution in [0.15, 0.2) is 30.3 Å². The third-order valence-electron chi connectivity index (χ3n) is 3.98. The third kappa shape index (κ3) is 4.30. The van der Waals surface area contributed by atoms with Gasteiger partial charge in [-0.05, 0) is 32.3 Å². The number of hydrogen-bond acceptors (Lipinski definition) is 3. The molecule has 1 N–H and O–H groups in total. The smallest absolute Gasteiger partial charge is 0.0900 e. The standard InChI is InChI=1S/C16H25NO2/c1-13-8-9-14(2)17(13)10-16(18)12-19-11-15-6-4-3-5-7-15/h3-7,13-14,16,18H,8-12H2,1-2H3. The van der Waals surface area contributed by atoms with Crippen LogP contribution in [-0.2, 0) is 11.3 Å². The van der Waals surface area contributed by atoms with E-state index in [9.17, 15) is 5.11 Å². The van der Waals surface area contributed by atoms with Gasteiger partial charge in [-0.1, -0.05) is 30.3 Å². The van der Waals surface area contributed by atoms with Crippen LogP contribution in [0, 0.1) is 0 Å². The first-order valence-corrected chi connectivity index (χ1v) is 7.22. The molecule has 3 heteroatoms. The first-order chi connectivity index (χ1) is 9.16. The fraction of sp³-hybridized carbons (Fsp3) is 0.625. The lowest BCUT2D eigenvalue weighted by atomic mass is 10.2. The molecule has 19 heavy (non-hydrogen) atoms. The average molecular weight is 263 g/mol. The molecule has 0 bridgehead atoms. The lowest BCUT2D eigenvalue weighted by Gasteiger charge is -2.28. The van der Waals surface area contributed by atoms with E-state index in [1.807, 2.05) is 30.3 Å². The van der Waals surface area contributed by atoms with Crippen molar-refractivity contribution in [3.8, 4) is 0 Å². The van der Waals surface area contributed by atoms with Crippen LogP contribution in [0.25, 0.3) is 0 Å². The monoisotopic (exact) mass is 263 g/mol. The molecule has 1 heterocycles. The van der Waals surface area contributed by atoms with Crippen LogP contribution in [-0.4, -0.2) is 41.3 Å². The second kappa shape index (κ2) is 7.04. The quantitative estimate of drug-likeness (QED) is 0.855. The molecule has 0 aliphatic carbocycles. The molecular weight excluding hydrogens is 238 g/mol. The highest BCUT2D eigenvalue weighted by atomic mass is 16.5. The summed E-state index contributed by atoms with van der Waals surface area (Å²) in [4.78, 5) is 2.39. The van der Waals surface area contributed by atoms with Crippen LogP contribution in [0.2, 0.25) is 0 Å². The van der Waals surface area contributed by atoms with Gasteiger partial charge in [0.05, 0.1) is 19.3 Å². The van der Waals surface area contributed by atoms with Gasteiger partial charge in [0.15, 0.2) is 0 Å². The zero-order valence-electron chi connectivity index (χ0n) is 12.0. The normalized spacial score (nSPS) is 25.6. The number of aliphatic hydroxyl groups is 1. The van der Waals surface area contributed by atoms with Gasteiger partial charge >= 0.3 is 0 Å². The second-order valence-corrected chi connectivity index (χ2v) is 5.63. The third-order valence-corrected chi connectivity index (χ3v) is 3.98. The molecule has 3 unspecified atom stereocenters. The molecule has 0 spiro atoms. The number of benzene rings is 1. The molecule has 0 saturated carbocycles. The van der Waals surface area contributed by atoms with Gasteiger partial charge in [0, 0.05) is 18.6 Å². The van der Waals surface area contributed by atoms with E-state index in [2.05, 4.69) is 18.7 Å². The number of rotatable bonds is 6. The summed E-state index contributed by atoms with van der Waals surface area (Å²) in [6.45, 7) is 6.17. The van der Waals surface area contributed by atoms with Crippen LogP contribution in [0.1, 0.15) is 32.3 Å². The van der Waals surface area contributed by atoms with E-state index < -0.39 is 6.10 Å². The topological polar surface area (TPSA) is 32.7 Å². The maximum Gasteiger partial charge on any atom is 0.0900 e. The van der Waals surface area contributed by atoms with Crippen molar-refractivity contribution in [2.45, 2.75) is 51.5 Å². The molecule has 2 rings (SSSR count). The summed E-state index contributed by atoms with van der Waals surface area (Å²) in [7, 11) is 0. The van der Waals surface area contributed by atoms with Crippen molar-refractivity contribution in [3.05, 3.63) is 35.9 Å². The van der Waals surface area contributed by atoms with Gasteiger partial charge in [0.1, 0.15) is 0 Å². The Hall–Kier alpha value is -0.900. The van der Waals surface area contributed by atoms with E-state index in [0.717, 1.165) is 12.1 Å². The number of β-amino-alcohol motifs (C(OH)–C–C–N with tert-alkyl or cyclic N) is 1. The van der Waals surface area contributed by atoms with E-state index in [4.69, 9.17) is 4.74 Å². The molecule has 3 atom stereocenters. The molecule has 3 nitrogen and oxygen atoms in total. The second-order valence-electron chi connectivity index (χ2n) is 5.63. The van der Waals surface area contributed by atoms with Crippen molar-refractivity contribution in [2.75, 3.05) is 13.2 Å². The maximum absolute atomic E-state index is 10.1. The van der Waals surface area contributed by atoms with Crippen molar-refractivity contribution in [1.82, 2.24) is 4.90 Å². The fourth-order valence-corrected chi connectivity index (χ4v) is 2.79. The number of ether oxygens (including phenoxy) is 1. The molecule has 1 aromatic rings. The van der Waals surface area contributed by atoms with Gasteiger partial charge in [-0.15, -0.1) is 0 Å². The van der Waals surface area contributed by atoms with Crippen molar-refractivity contribution in [2.24, 2.45) is 0 Å². The zero-order valence-corrected chi connectivity index (χ0v) is 12.0. The highest BCUT2D eigenvalue weighted by molar-refractivity contribution is 5.13. The van der Waals surface area contributed by atoms with Gasteiger partial charge in [0.2, 0.25) is 0 Å². The molecule has 0 radical (unpaired) electrons. The average Bonchev–Trinajstić information content (AvgIpc) is 2.72. The Morgan fingerprint density at radius 3 is 2.47 bits per heavy atom. The predicted molar refractivity (Wildman–Crippen MR) is 77.0 cm³/mol. The Morgan fingerprint density at radius 2 is 1.84 bits per heavy atom. The van der Waals surface area contributed by atoms with Gasteiger partial charge < -0.3 is 9.84 Å². The van der Waals surface area contributed by atoms with Gasteiger partial charge in [-0.25, -0.2) is 0 Å². The maximum atomic E-state index is 10.1. The highest BCUT2D eigenvalue weighted by Gasteiger charge is 2.28. The minimum atomic E-state index is -0.397. The fourth-order valence-electron chi connectivity index (χ4n) is 2.79. The summed E-state index contributed by atoms with van der Waals surface area (Å²) >= 11 is 0. The molecule has 1 aromatic carbocycles. The molecule has 0 aromatic heterocycles. The molecule has 1 aliphatic heterocycles. The molecular formula is C16H25NO2. The Balaban J connectivity index is 1.68. The molecule has 1 fully saturated rings. The number of aliphatic hydroxyl groups excluding tert-OH is 1. The van der Waals surface area contributed by atoms with E-state index in [0.29, 0.717) is 25.3 Å². The SMILES string of the molecule is CC1CCC(C)N1CC(O)COCc1ccccc1. The summed E-state index contributed by atoms with van der Waals surface area (Å²) in [5.41, 5.74) is 1.15. The molecule has 1 aliphatic rings. The lowest BCUT2D eigenvalue weighted by Crippen LogP contribution is -2.40. The Bertz CT molecular complexity index is 358. The highest BCUT2D eigenvalue weighted by Crippen LogP contribution is 2.23. The van der Waals surface area contributed by atoms with Crippen LogP contribution in [0.4, 0.5) is 0 Å². The first-order valence-electron chi connectivity index (χ1n) is 7.22. The van der Waals surface area contributed by atoms with E-state index in [1.165, 1.54) is 12.8 Å². The van der Waals surface area contributed by atoms with Gasteiger partial charge in [-0.3, -0.25) is 4.90 Å². The summed E-state index contributed by atoms with van der Waals surface area (Å²) in [6.07, 6.45) is 2.07. The Morgan fingerprint density at radius 1 is 1.21 bits per heavy atom. The van der Waals surface area contributed by atoms with Gasteiger partial charge in [0.25, 0.3) is 0 Å². The lowest BCUT2D eigenvalue weighted by molar-refractivity contribution is 0.00330. The van der Waals surface area contributed by atoms with Crippen molar-refractivity contribution >= 4 is 0 Å². The molecule has 1 saturated heterocycles. The minimum absolute atomic E-state index is 0.397. The Kier molecular flexibility index (Phi) is 5.37. The van der Waals surface area contributed by atoms with Crippen molar-refractivity contribution in [1.29, 1.82) is 0 Å². The summed E-state index contributed by atoms with van der Waals surface area (Å²) in [5, 5.41) is 10.1. The zero-order chi connectivity index (χ0) is 13.7. The van der Waals surface area contributed by atoms with Crippen molar-refractivity contribution in [3.63, 3.8) is 0 Å². The Labute approximate surface area is 116 Å². The van der Waals surface area contributed by atoms with Crippen LogP contribution >= 0.6 is 0 Å². The molecule has 0 amide bonds. The summed E-state index contributed by atoms with van der Waals surface area (Å²) in [6, 6.07) is 11.2. The van der Waals surface area contributed by atoms with Crippen LogP contribution in [0.5, 0.6) is 0 Å². The van der Waals surface area contributed by atoms with Crippen molar-refractivity contribution < 1.29 is 9.84 Å². The molecule has 106 valence electrons. The largest absolute Gasteiger partial charge is 0.389 e. The number of nitrogens with zero attached hydrogens (tertiary/aromatic N) is 1. The van der Waals surface area contributed by atoms with Gasteiger partial charge in [-0.2, -0.15) is 0 Å². The number of hydrogen-bond donors (Lipinski definition) is 1. The van der Waals surface area contributed by atoms with E-state index >= 15 is 0 Å². The number of likely N-dealkylation sites (tertiary alicyclic amines) is 1. The summed E-state index contributed by atoms with van der Waals surface area (Å²) < 4.78 is 5.59. The summed E-state index contributed by atoms with van der Waals surface area (Å²) in [5.74, 6) is 0. The predicted octanol–water partition coefficient (Wildman–Crippen LogP) is 2.44.